The normalized spacial score (nSPS) is 33.8. The number of carbonyl (C=O) groups excluding carboxylic acids is 2. The molecule has 2 heterocycles. The highest BCUT2D eigenvalue weighted by Gasteiger charge is 2.58. The molecule has 23 heavy (non-hydrogen) atoms. The zero-order valence-corrected chi connectivity index (χ0v) is 11.2. The Balaban J connectivity index is 2.59. The van der Waals surface area contributed by atoms with Gasteiger partial charge in [-0.05, 0) is 5.92 Å². The molecule has 4 N–H and O–H groups in total. The van der Waals surface area contributed by atoms with Gasteiger partial charge in [0, 0.05) is 5.92 Å². The maximum atomic E-state index is 12.3. The number of alkyl halides is 3. The van der Waals surface area contributed by atoms with Gasteiger partial charge in [0.15, 0.2) is 6.10 Å². The molecule has 11 heteroatoms. The Morgan fingerprint density at radius 3 is 2.61 bits per heavy atom. The third kappa shape index (κ3) is 3.19. The number of nitrogens with zero attached hydrogens (tertiary/aromatic N) is 1. The first-order valence-electron chi connectivity index (χ1n) is 6.07. The molecule has 8 nitrogen and oxygen atoms in total. The van der Waals surface area contributed by atoms with Crippen molar-refractivity contribution in [3.8, 4) is 11.8 Å². The average Bonchev–Trinajstić information content (AvgIpc) is 2.69. The zero-order valence-electron chi connectivity index (χ0n) is 11.2. The number of carbonyl (C=O) groups is 2. The fraction of sp³-hybridized carbons (Fsp3) is 0.417. The maximum absolute atomic E-state index is 12.3. The highest BCUT2D eigenvalue weighted by molar-refractivity contribution is 6.02. The Kier molecular flexibility index (Phi) is 4.16. The molecule has 3 atom stereocenters. The number of aliphatic hydroxyl groups excluding tert-OH is 2. The second-order valence-corrected chi connectivity index (χ2v) is 4.58. The van der Waals surface area contributed by atoms with Gasteiger partial charge in [-0.1, -0.05) is 0 Å². The van der Waals surface area contributed by atoms with Crippen molar-refractivity contribution in [3.05, 3.63) is 12.3 Å². The Morgan fingerprint density at radius 1 is 1.43 bits per heavy atom. The van der Waals surface area contributed by atoms with Crippen molar-refractivity contribution in [2.45, 2.75) is 24.0 Å². The first-order chi connectivity index (χ1) is 10.6. The van der Waals surface area contributed by atoms with Crippen molar-refractivity contribution in [1.82, 2.24) is 5.32 Å². The number of halogens is 3. The van der Waals surface area contributed by atoms with E-state index in [2.05, 4.69) is 0 Å². The van der Waals surface area contributed by atoms with Gasteiger partial charge in [0.1, 0.15) is 12.3 Å². The highest BCUT2D eigenvalue weighted by Crippen LogP contribution is 2.28. The smallest absolute Gasteiger partial charge is 0.453 e. The number of amides is 3. The number of ether oxygens (including phenoxy) is 1. The third-order valence-corrected chi connectivity index (χ3v) is 2.99. The van der Waals surface area contributed by atoms with E-state index in [-0.39, 0.29) is 0 Å². The van der Waals surface area contributed by atoms with Gasteiger partial charge < -0.3 is 20.1 Å². The van der Waals surface area contributed by atoms with Gasteiger partial charge in [0.25, 0.3) is 5.60 Å². The van der Waals surface area contributed by atoms with E-state index in [0.717, 1.165) is 18.2 Å². The van der Waals surface area contributed by atoms with E-state index < -0.39 is 48.4 Å². The van der Waals surface area contributed by atoms with Crippen molar-refractivity contribution >= 4 is 17.8 Å². The molecule has 1 saturated heterocycles. The van der Waals surface area contributed by atoms with Crippen LogP contribution in [0.15, 0.2) is 12.3 Å². The molecule has 0 spiro atoms. The van der Waals surface area contributed by atoms with Gasteiger partial charge in [-0.3, -0.25) is 0 Å². The number of hydrogen-bond donors (Lipinski definition) is 4. The molecule has 3 amide bonds. The molecule has 2 aliphatic heterocycles. The van der Waals surface area contributed by atoms with E-state index in [1.807, 2.05) is 0 Å². The lowest BCUT2D eigenvalue weighted by Gasteiger charge is -2.18. The predicted molar refractivity (Wildman–Crippen MR) is 64.7 cm³/mol. The minimum Gasteiger partial charge on any atom is -0.453 e. The minimum atomic E-state index is -4.98. The van der Waals surface area contributed by atoms with E-state index in [4.69, 9.17) is 9.84 Å². The van der Waals surface area contributed by atoms with Gasteiger partial charge in [0.05, 0.1) is 12.7 Å². The lowest BCUT2D eigenvalue weighted by molar-refractivity contribution is -0.369. The van der Waals surface area contributed by atoms with E-state index in [1.54, 1.807) is 5.32 Å². The van der Waals surface area contributed by atoms with Crippen LogP contribution in [0.4, 0.5) is 18.0 Å². The monoisotopic (exact) mass is 335 g/mol. The average molecular weight is 335 g/mol. The molecule has 0 aliphatic carbocycles. The summed E-state index contributed by atoms with van der Waals surface area (Å²) < 4.78 is 42.2. The van der Waals surface area contributed by atoms with Crippen LogP contribution in [0, 0.1) is 11.8 Å². The van der Waals surface area contributed by atoms with Crippen molar-refractivity contribution in [2.24, 2.45) is 0 Å². The van der Waals surface area contributed by atoms with Gasteiger partial charge in [-0.25, -0.2) is 4.79 Å². The molecule has 0 aromatic heterocycles. The second kappa shape index (κ2) is 5.65. The van der Waals surface area contributed by atoms with E-state index in [1.165, 1.54) is 5.92 Å². The molecule has 0 aromatic rings. The summed E-state index contributed by atoms with van der Waals surface area (Å²) in [5.41, 5.74) is -2.91. The molecule has 124 valence electrons. The fourth-order valence-corrected chi connectivity index (χ4v) is 1.94. The van der Waals surface area contributed by atoms with Crippen LogP contribution in [0.1, 0.15) is 0 Å². The second-order valence-electron chi connectivity index (χ2n) is 4.58. The summed E-state index contributed by atoms with van der Waals surface area (Å²) >= 11 is 0. The van der Waals surface area contributed by atoms with Crippen LogP contribution >= 0.6 is 0 Å². The van der Waals surface area contributed by atoms with Crippen molar-refractivity contribution < 1.29 is 47.4 Å². The van der Waals surface area contributed by atoms with E-state index in [9.17, 15) is 33.0 Å². The molecule has 2 rings (SSSR count). The summed E-state index contributed by atoms with van der Waals surface area (Å²) in [5.74, 6) is 0.532. The van der Waals surface area contributed by atoms with Crippen LogP contribution in [-0.4, -0.2) is 68.3 Å². The van der Waals surface area contributed by atoms with Gasteiger partial charge >= 0.3 is 24.0 Å². The SMILES string of the molecule is O=C1C=C[N+](=C2OC(CO)C(O)C2(O)C#CC(F)(F)F)C(=O)N1. The summed E-state index contributed by atoms with van der Waals surface area (Å²) in [6.45, 7) is -0.862. The number of rotatable bonds is 1. The molecule has 0 bridgehead atoms. The van der Waals surface area contributed by atoms with Crippen LogP contribution in [-0.2, 0) is 9.53 Å². The molecular formula is C12H10F3N2O6+. The van der Waals surface area contributed by atoms with Crippen LogP contribution < -0.4 is 5.32 Å². The van der Waals surface area contributed by atoms with Gasteiger partial charge in [-0.15, -0.1) is 4.58 Å². The Labute approximate surface area is 126 Å². The third-order valence-electron chi connectivity index (χ3n) is 2.99. The lowest BCUT2D eigenvalue weighted by atomic mass is 9.96. The van der Waals surface area contributed by atoms with Crippen molar-refractivity contribution in [2.75, 3.05) is 6.61 Å². The van der Waals surface area contributed by atoms with E-state index >= 15 is 0 Å². The van der Waals surface area contributed by atoms with Crippen molar-refractivity contribution in [1.29, 1.82) is 0 Å². The van der Waals surface area contributed by atoms with Crippen molar-refractivity contribution in [3.63, 3.8) is 0 Å². The Hall–Kier alpha value is -2.42. The maximum Gasteiger partial charge on any atom is 0.506 e. The number of aliphatic hydroxyl groups is 3. The Morgan fingerprint density at radius 2 is 2.09 bits per heavy atom. The summed E-state index contributed by atoms with van der Waals surface area (Å²) in [4.78, 5) is 22.7. The van der Waals surface area contributed by atoms with Crippen LogP contribution in [0.25, 0.3) is 0 Å². The summed E-state index contributed by atoms with van der Waals surface area (Å²) in [7, 11) is 0. The largest absolute Gasteiger partial charge is 0.506 e. The number of urea groups is 1. The Bertz CT molecular complexity index is 675. The van der Waals surface area contributed by atoms with Gasteiger partial charge in [-0.2, -0.15) is 23.3 Å². The highest BCUT2D eigenvalue weighted by atomic mass is 19.4. The van der Waals surface area contributed by atoms with Crippen LogP contribution in [0.3, 0.4) is 0 Å². The predicted octanol–water partition coefficient (Wildman–Crippen LogP) is -1.79. The minimum absolute atomic E-state index is 0.478. The number of hydrogen-bond acceptors (Lipinski definition) is 6. The van der Waals surface area contributed by atoms with E-state index in [0.29, 0.717) is 4.58 Å². The fourth-order valence-electron chi connectivity index (χ4n) is 1.94. The molecular weight excluding hydrogens is 325 g/mol. The van der Waals surface area contributed by atoms with Crippen LogP contribution in [0.5, 0.6) is 0 Å². The number of imide groups is 1. The standard InChI is InChI=1S/C12H9F3N2O6/c13-12(14,15)3-2-11(22)8(20)6(5-18)23-9(11)17-4-1-7(19)16-10(17)21/h1,4,6,8,18,20,22H,5H2/p+1. The summed E-state index contributed by atoms with van der Waals surface area (Å²) in [5, 5.41) is 31.0. The van der Waals surface area contributed by atoms with Crippen LogP contribution in [0.2, 0.25) is 0 Å². The summed E-state index contributed by atoms with van der Waals surface area (Å²) in [6.07, 6.45) is -6.89. The quantitative estimate of drug-likeness (QED) is 0.332. The first-order valence-corrected chi connectivity index (χ1v) is 6.07. The molecule has 3 unspecified atom stereocenters. The molecule has 0 saturated carbocycles. The number of nitrogens with one attached hydrogen (secondary N) is 1. The summed E-state index contributed by atoms with van der Waals surface area (Å²) in [6, 6.07) is -1.13. The topological polar surface area (TPSA) is 119 Å². The van der Waals surface area contributed by atoms with Gasteiger partial charge in [0.2, 0.25) is 0 Å². The lowest BCUT2D eigenvalue weighted by Crippen LogP contribution is -2.51. The molecule has 0 radical (unpaired) electrons. The molecule has 0 aromatic carbocycles. The first kappa shape index (κ1) is 16.9. The molecule has 1 fully saturated rings. The zero-order chi connectivity index (χ0) is 17.4. The molecule has 2 aliphatic rings.